The molecule has 15 heavy (non-hydrogen) atoms. The maximum absolute atomic E-state index is 11.2. The van der Waals surface area contributed by atoms with Gasteiger partial charge in [0.05, 0.1) is 6.10 Å². The van der Waals surface area contributed by atoms with Crippen molar-refractivity contribution in [3.05, 3.63) is 0 Å². The summed E-state index contributed by atoms with van der Waals surface area (Å²) in [5.74, 6) is -0.00939. The van der Waals surface area contributed by atoms with Crippen LogP contribution in [0.1, 0.15) is 39.5 Å². The van der Waals surface area contributed by atoms with Crippen LogP contribution in [-0.4, -0.2) is 36.9 Å². The predicted molar refractivity (Wildman–Crippen MR) is 59.7 cm³/mol. The normalized spacial score (nSPS) is 12.5. The van der Waals surface area contributed by atoms with Crippen molar-refractivity contribution in [1.82, 2.24) is 5.32 Å². The number of aliphatic hydroxyl groups is 1. The first-order chi connectivity index (χ1) is 7.20. The summed E-state index contributed by atoms with van der Waals surface area (Å²) < 4.78 is 5.12. The van der Waals surface area contributed by atoms with Crippen molar-refractivity contribution in [1.29, 1.82) is 0 Å². The maximum Gasteiger partial charge on any atom is 0.220 e. The van der Waals surface area contributed by atoms with E-state index in [4.69, 9.17) is 4.74 Å². The molecule has 4 nitrogen and oxygen atoms in total. The minimum absolute atomic E-state index is 0.00939. The Morgan fingerprint density at radius 1 is 1.47 bits per heavy atom. The third-order valence-electron chi connectivity index (χ3n) is 2.05. The maximum atomic E-state index is 11.2. The van der Waals surface area contributed by atoms with E-state index in [2.05, 4.69) is 5.32 Å². The molecule has 0 aliphatic heterocycles. The molecule has 0 aliphatic rings. The summed E-state index contributed by atoms with van der Waals surface area (Å²) in [5, 5.41) is 12.1. The highest BCUT2D eigenvalue weighted by atomic mass is 16.5. The second-order valence-corrected chi connectivity index (χ2v) is 3.55. The van der Waals surface area contributed by atoms with Gasteiger partial charge >= 0.3 is 0 Å². The van der Waals surface area contributed by atoms with Crippen LogP contribution in [0, 0.1) is 0 Å². The van der Waals surface area contributed by atoms with Crippen LogP contribution in [0.15, 0.2) is 0 Å². The average molecular weight is 217 g/mol. The zero-order chi connectivity index (χ0) is 11.5. The third-order valence-corrected chi connectivity index (χ3v) is 2.05. The van der Waals surface area contributed by atoms with Crippen LogP contribution in [0.25, 0.3) is 0 Å². The lowest BCUT2D eigenvalue weighted by atomic mass is 10.2. The lowest BCUT2D eigenvalue weighted by Crippen LogP contribution is -2.31. The van der Waals surface area contributed by atoms with Crippen molar-refractivity contribution in [3.63, 3.8) is 0 Å². The second kappa shape index (κ2) is 9.93. The Morgan fingerprint density at radius 2 is 2.20 bits per heavy atom. The molecule has 0 aromatic rings. The molecule has 0 bridgehead atoms. The lowest BCUT2D eigenvalue weighted by Gasteiger charge is -2.10. The highest BCUT2D eigenvalue weighted by Crippen LogP contribution is 1.95. The first kappa shape index (κ1) is 14.4. The Labute approximate surface area is 92.0 Å². The molecule has 1 amide bonds. The molecule has 0 rings (SSSR count). The molecule has 0 aromatic heterocycles. The van der Waals surface area contributed by atoms with Crippen LogP contribution >= 0.6 is 0 Å². The zero-order valence-electron chi connectivity index (χ0n) is 9.79. The quantitative estimate of drug-likeness (QED) is 0.568. The number of rotatable bonds is 9. The highest BCUT2D eigenvalue weighted by molar-refractivity contribution is 5.75. The molecule has 0 aliphatic carbocycles. The van der Waals surface area contributed by atoms with E-state index in [-0.39, 0.29) is 5.91 Å². The zero-order valence-corrected chi connectivity index (χ0v) is 9.79. The minimum atomic E-state index is -0.411. The van der Waals surface area contributed by atoms with Gasteiger partial charge in [-0.2, -0.15) is 0 Å². The number of carbonyl (C=O) groups excluding carboxylic acids is 1. The predicted octanol–water partition coefficient (Wildman–Crippen LogP) is 1.08. The number of aliphatic hydroxyl groups excluding tert-OH is 1. The standard InChI is InChI=1S/C11H23NO3/c1-3-6-10(13)9-12-11(14)7-5-8-15-4-2/h10,13H,3-9H2,1-2H3,(H,12,14). The van der Waals surface area contributed by atoms with Crippen LogP contribution in [0.2, 0.25) is 0 Å². The molecule has 0 saturated carbocycles. The van der Waals surface area contributed by atoms with Crippen molar-refractivity contribution in [3.8, 4) is 0 Å². The lowest BCUT2D eigenvalue weighted by molar-refractivity contribution is -0.121. The van der Waals surface area contributed by atoms with E-state index in [9.17, 15) is 9.90 Å². The first-order valence-electron chi connectivity index (χ1n) is 5.73. The van der Waals surface area contributed by atoms with E-state index in [0.717, 1.165) is 19.3 Å². The van der Waals surface area contributed by atoms with Gasteiger partial charge in [-0.3, -0.25) is 4.79 Å². The highest BCUT2D eigenvalue weighted by Gasteiger charge is 2.05. The summed E-state index contributed by atoms with van der Waals surface area (Å²) in [6, 6.07) is 0. The molecule has 90 valence electrons. The third kappa shape index (κ3) is 9.69. The summed E-state index contributed by atoms with van der Waals surface area (Å²) in [7, 11) is 0. The molecular weight excluding hydrogens is 194 g/mol. The van der Waals surface area contributed by atoms with E-state index in [1.165, 1.54) is 0 Å². The molecule has 0 spiro atoms. The Hall–Kier alpha value is -0.610. The first-order valence-corrected chi connectivity index (χ1v) is 5.73. The fourth-order valence-corrected chi connectivity index (χ4v) is 1.23. The van der Waals surface area contributed by atoms with E-state index in [0.29, 0.717) is 26.2 Å². The average Bonchev–Trinajstić information content (AvgIpc) is 2.22. The number of amides is 1. The summed E-state index contributed by atoms with van der Waals surface area (Å²) in [5.41, 5.74) is 0. The Kier molecular flexibility index (Phi) is 9.52. The van der Waals surface area contributed by atoms with Gasteiger partial charge in [-0.1, -0.05) is 13.3 Å². The van der Waals surface area contributed by atoms with Crippen molar-refractivity contribution in [2.45, 2.75) is 45.6 Å². The molecule has 0 fully saturated rings. The van der Waals surface area contributed by atoms with E-state index >= 15 is 0 Å². The van der Waals surface area contributed by atoms with Gasteiger partial charge in [0, 0.05) is 26.2 Å². The van der Waals surface area contributed by atoms with Crippen molar-refractivity contribution in [2.75, 3.05) is 19.8 Å². The van der Waals surface area contributed by atoms with Gasteiger partial charge in [0.15, 0.2) is 0 Å². The van der Waals surface area contributed by atoms with Gasteiger partial charge in [-0.05, 0) is 19.8 Å². The minimum Gasteiger partial charge on any atom is -0.391 e. The van der Waals surface area contributed by atoms with Crippen LogP contribution in [0.5, 0.6) is 0 Å². The van der Waals surface area contributed by atoms with E-state index in [1.807, 2.05) is 13.8 Å². The van der Waals surface area contributed by atoms with Gasteiger partial charge < -0.3 is 15.2 Å². The van der Waals surface area contributed by atoms with Gasteiger partial charge in [0.1, 0.15) is 0 Å². The molecule has 0 saturated heterocycles. The molecule has 1 unspecified atom stereocenters. The van der Waals surface area contributed by atoms with Crippen molar-refractivity contribution in [2.24, 2.45) is 0 Å². The van der Waals surface area contributed by atoms with E-state index in [1.54, 1.807) is 0 Å². The molecular formula is C11H23NO3. The fraction of sp³-hybridized carbons (Fsp3) is 0.909. The van der Waals surface area contributed by atoms with Crippen LogP contribution in [0.3, 0.4) is 0 Å². The smallest absolute Gasteiger partial charge is 0.220 e. The molecule has 0 heterocycles. The fourth-order valence-electron chi connectivity index (χ4n) is 1.23. The summed E-state index contributed by atoms with van der Waals surface area (Å²) in [4.78, 5) is 11.2. The number of ether oxygens (including phenoxy) is 1. The van der Waals surface area contributed by atoms with Gasteiger partial charge in [-0.15, -0.1) is 0 Å². The molecule has 0 radical (unpaired) electrons. The number of hydrogen-bond acceptors (Lipinski definition) is 3. The number of nitrogens with one attached hydrogen (secondary N) is 1. The summed E-state index contributed by atoms with van der Waals surface area (Å²) in [6.07, 6.45) is 2.47. The Morgan fingerprint density at radius 3 is 2.80 bits per heavy atom. The molecule has 1 atom stereocenters. The van der Waals surface area contributed by atoms with E-state index < -0.39 is 6.10 Å². The van der Waals surface area contributed by atoms with Gasteiger partial charge in [0.25, 0.3) is 0 Å². The molecule has 4 heteroatoms. The van der Waals surface area contributed by atoms with Crippen LogP contribution in [0.4, 0.5) is 0 Å². The van der Waals surface area contributed by atoms with Crippen LogP contribution in [-0.2, 0) is 9.53 Å². The van der Waals surface area contributed by atoms with Crippen LogP contribution < -0.4 is 5.32 Å². The summed E-state index contributed by atoms with van der Waals surface area (Å²) >= 11 is 0. The largest absolute Gasteiger partial charge is 0.391 e. The van der Waals surface area contributed by atoms with Gasteiger partial charge in [0.2, 0.25) is 5.91 Å². The SMILES string of the molecule is CCCC(O)CNC(=O)CCCOCC. The monoisotopic (exact) mass is 217 g/mol. The molecule has 0 aromatic carbocycles. The summed E-state index contributed by atoms with van der Waals surface area (Å²) in [6.45, 7) is 5.62. The molecule has 2 N–H and O–H groups in total. The second-order valence-electron chi connectivity index (χ2n) is 3.55. The van der Waals surface area contributed by atoms with Crippen molar-refractivity contribution >= 4 is 5.91 Å². The Balaban J connectivity index is 3.32. The topological polar surface area (TPSA) is 58.6 Å². The Bertz CT molecular complexity index is 162. The van der Waals surface area contributed by atoms with Gasteiger partial charge in [-0.25, -0.2) is 0 Å². The van der Waals surface area contributed by atoms with Crippen molar-refractivity contribution < 1.29 is 14.6 Å². The number of hydrogen-bond donors (Lipinski definition) is 2. The number of carbonyl (C=O) groups is 1.